The Balaban J connectivity index is 1.48. The molecular weight excluding hydrogens is 634 g/mol. The van der Waals surface area contributed by atoms with Crippen molar-refractivity contribution in [1.82, 2.24) is 14.5 Å². The van der Waals surface area contributed by atoms with Crippen molar-refractivity contribution in [3.05, 3.63) is 70.0 Å². The van der Waals surface area contributed by atoms with Gasteiger partial charge in [-0.3, -0.25) is 14.7 Å². The highest BCUT2D eigenvalue weighted by Crippen LogP contribution is 2.46. The van der Waals surface area contributed by atoms with Gasteiger partial charge in [-0.1, -0.05) is 54.0 Å². The molecule has 8 nitrogen and oxygen atoms in total. The van der Waals surface area contributed by atoms with Gasteiger partial charge in [0.2, 0.25) is 0 Å². The summed E-state index contributed by atoms with van der Waals surface area (Å²) in [4.78, 5) is 19.2. The van der Waals surface area contributed by atoms with E-state index in [1.165, 1.54) is 18.1 Å². The summed E-state index contributed by atoms with van der Waals surface area (Å²) >= 11 is 3.73. The van der Waals surface area contributed by atoms with Crippen LogP contribution in [0.5, 0.6) is 5.75 Å². The number of benzene rings is 2. The lowest BCUT2D eigenvalue weighted by Crippen LogP contribution is -2.35. The van der Waals surface area contributed by atoms with Crippen molar-refractivity contribution in [2.24, 2.45) is 5.41 Å². The van der Waals surface area contributed by atoms with Crippen molar-refractivity contribution in [1.29, 1.82) is 0 Å². The lowest BCUT2D eigenvalue weighted by molar-refractivity contribution is -0.143. The number of methoxy groups -OCH3 is 1. The van der Waals surface area contributed by atoms with E-state index < -0.39 is 0 Å². The number of hydrogen-bond donors (Lipinski definition) is 0. The van der Waals surface area contributed by atoms with Crippen molar-refractivity contribution < 1.29 is 23.7 Å². The molecule has 0 aliphatic carbocycles. The zero-order chi connectivity index (χ0) is 31.7. The second-order valence-corrected chi connectivity index (χ2v) is 13.8. The number of pyridine rings is 1. The first-order valence-electron chi connectivity index (χ1n) is 15.7. The minimum Gasteiger partial charge on any atom is -0.489 e. The summed E-state index contributed by atoms with van der Waals surface area (Å²) in [5, 5.41) is 1.12. The van der Waals surface area contributed by atoms with Gasteiger partial charge in [-0.15, -0.1) is 0 Å². The zero-order valence-corrected chi connectivity index (χ0v) is 28.4. The third-order valence-electron chi connectivity index (χ3n) is 8.79. The number of nitrogens with zero attached hydrogens (tertiary/aromatic N) is 3. The fourth-order valence-corrected chi connectivity index (χ4v) is 6.89. The minimum atomic E-state index is -0.314. The molecule has 0 radical (unpaired) electrons. The summed E-state index contributed by atoms with van der Waals surface area (Å²) in [6.07, 6.45) is 2.43. The van der Waals surface area contributed by atoms with Crippen molar-refractivity contribution in [2.75, 3.05) is 46.6 Å². The van der Waals surface area contributed by atoms with E-state index in [9.17, 15) is 4.79 Å². The maximum atomic E-state index is 11.8. The lowest BCUT2D eigenvalue weighted by Gasteiger charge is -2.26. The van der Waals surface area contributed by atoms with Gasteiger partial charge in [0, 0.05) is 66.3 Å². The summed E-state index contributed by atoms with van der Waals surface area (Å²) in [5.41, 5.74) is 8.43. The van der Waals surface area contributed by atoms with Crippen molar-refractivity contribution in [2.45, 2.75) is 53.3 Å². The van der Waals surface area contributed by atoms with Crippen LogP contribution >= 0.6 is 15.9 Å². The topological polar surface area (TPSA) is 75.1 Å². The first-order valence-corrected chi connectivity index (χ1v) is 16.5. The Hall–Kier alpha value is -3.24. The first kappa shape index (κ1) is 31.7. The fraction of sp³-hybridized carbons (Fsp3) is 0.444. The number of aromatic nitrogens is 2. The number of esters is 1. The maximum absolute atomic E-state index is 11.8. The monoisotopic (exact) mass is 675 g/mol. The molecule has 2 aromatic heterocycles. The molecule has 2 aliphatic rings. The van der Waals surface area contributed by atoms with Crippen LogP contribution < -0.4 is 4.74 Å². The molecule has 6 rings (SSSR count). The van der Waals surface area contributed by atoms with Crippen LogP contribution in [0.1, 0.15) is 50.6 Å². The zero-order valence-electron chi connectivity index (χ0n) is 26.8. The molecule has 45 heavy (non-hydrogen) atoms. The largest absolute Gasteiger partial charge is 0.489 e. The third-order valence-corrected chi connectivity index (χ3v) is 9.25. The van der Waals surface area contributed by atoms with Crippen LogP contribution in [-0.4, -0.2) is 67.0 Å². The smallest absolute Gasteiger partial charge is 0.302 e. The molecule has 238 valence electrons. The number of carbonyl (C=O) groups is 1. The van der Waals surface area contributed by atoms with E-state index in [4.69, 9.17) is 23.9 Å². The molecule has 0 bridgehead atoms. The number of ether oxygens (including phenoxy) is 4. The molecule has 1 fully saturated rings. The van der Waals surface area contributed by atoms with Crippen LogP contribution in [0.3, 0.4) is 0 Å². The summed E-state index contributed by atoms with van der Waals surface area (Å²) in [6, 6.07) is 15.3. The Morgan fingerprint density at radius 2 is 1.82 bits per heavy atom. The van der Waals surface area contributed by atoms with Crippen LogP contribution in [0.2, 0.25) is 0 Å². The summed E-state index contributed by atoms with van der Waals surface area (Å²) in [6.45, 7) is 13.8. The third kappa shape index (κ3) is 6.82. The number of rotatable bonds is 10. The van der Waals surface area contributed by atoms with Gasteiger partial charge < -0.3 is 23.5 Å². The number of carbonyl (C=O) groups excluding carboxylic acids is 1. The Labute approximate surface area is 273 Å². The van der Waals surface area contributed by atoms with Gasteiger partial charge in [-0.05, 0) is 48.2 Å². The molecule has 9 heteroatoms. The molecule has 0 N–H and O–H groups in total. The highest BCUT2D eigenvalue weighted by molar-refractivity contribution is 9.10. The molecule has 0 amide bonds. The standard InChI is InChI=1S/C36H42BrN3O5/c1-23(42-5)33-30(16-27(20-38-33)26-8-6-25(7-9-26)21-39-10-13-43-14-11-39)34-31(19-36(3,4)22-45-24(2)41)29-17-28(37)18-32-35(29)40(34)12-15-44-32/h6-9,16-18,20,23H,10-15,19,21-22H2,1-5H3/t23-/m0/s1. The van der Waals surface area contributed by atoms with Crippen LogP contribution in [0, 0.1) is 5.41 Å². The Bertz CT molecular complexity index is 1690. The minimum absolute atomic E-state index is 0.219. The SMILES string of the molecule is CO[C@@H](C)c1ncc(-c2ccc(CN3CCOCC3)cc2)cc1-c1c(CC(C)(C)COC(C)=O)c2cc(Br)cc3c2n1CCO3. The normalized spacial score (nSPS) is 16.0. The van der Waals surface area contributed by atoms with Crippen molar-refractivity contribution >= 4 is 32.8 Å². The van der Waals surface area contributed by atoms with Gasteiger partial charge >= 0.3 is 5.97 Å². The molecule has 1 atom stereocenters. The lowest BCUT2D eigenvalue weighted by atomic mass is 9.84. The Morgan fingerprint density at radius 3 is 2.53 bits per heavy atom. The van der Waals surface area contributed by atoms with Gasteiger partial charge in [0.15, 0.2) is 0 Å². The molecule has 0 saturated carbocycles. The van der Waals surface area contributed by atoms with Gasteiger partial charge in [0.25, 0.3) is 0 Å². The molecule has 2 aliphatic heterocycles. The van der Waals surface area contributed by atoms with E-state index in [2.05, 4.69) is 75.6 Å². The van der Waals surface area contributed by atoms with Gasteiger partial charge in [-0.25, -0.2) is 0 Å². The summed E-state index contributed by atoms with van der Waals surface area (Å²) in [5.74, 6) is 0.586. The van der Waals surface area contributed by atoms with E-state index in [1.807, 2.05) is 19.2 Å². The molecule has 2 aromatic carbocycles. The average molecular weight is 677 g/mol. The van der Waals surface area contributed by atoms with Crippen LogP contribution in [0.4, 0.5) is 0 Å². The molecular formula is C36H42BrN3O5. The number of hydrogen-bond acceptors (Lipinski definition) is 7. The second-order valence-electron chi connectivity index (χ2n) is 12.9. The van der Waals surface area contributed by atoms with Crippen molar-refractivity contribution in [3.8, 4) is 28.1 Å². The molecule has 0 spiro atoms. The van der Waals surface area contributed by atoms with E-state index in [-0.39, 0.29) is 17.5 Å². The molecule has 4 aromatic rings. The molecule has 4 heterocycles. The number of morpholine rings is 1. The predicted molar refractivity (Wildman–Crippen MR) is 179 cm³/mol. The summed E-state index contributed by atoms with van der Waals surface area (Å²) < 4.78 is 26.4. The van der Waals surface area contributed by atoms with E-state index in [1.54, 1.807) is 7.11 Å². The number of halogens is 1. The Morgan fingerprint density at radius 1 is 1.07 bits per heavy atom. The first-order chi connectivity index (χ1) is 21.6. The van der Waals surface area contributed by atoms with Crippen LogP contribution in [-0.2, 0) is 38.5 Å². The average Bonchev–Trinajstić information content (AvgIpc) is 3.33. The van der Waals surface area contributed by atoms with Gasteiger partial charge in [0.1, 0.15) is 12.4 Å². The van der Waals surface area contributed by atoms with E-state index >= 15 is 0 Å². The highest BCUT2D eigenvalue weighted by Gasteiger charge is 2.31. The van der Waals surface area contributed by atoms with Crippen LogP contribution in [0.15, 0.2) is 53.1 Å². The van der Waals surface area contributed by atoms with Crippen molar-refractivity contribution in [3.63, 3.8) is 0 Å². The Kier molecular flexibility index (Phi) is 9.34. The van der Waals surface area contributed by atoms with E-state index in [0.717, 1.165) is 82.1 Å². The van der Waals surface area contributed by atoms with Gasteiger partial charge in [0.05, 0.1) is 49.4 Å². The quantitative estimate of drug-likeness (QED) is 0.165. The highest BCUT2D eigenvalue weighted by atomic mass is 79.9. The second kappa shape index (κ2) is 13.2. The maximum Gasteiger partial charge on any atom is 0.302 e. The predicted octanol–water partition coefficient (Wildman–Crippen LogP) is 7.20. The molecule has 1 saturated heterocycles. The summed E-state index contributed by atoms with van der Waals surface area (Å²) in [7, 11) is 1.72. The molecule has 0 unspecified atom stereocenters. The van der Waals surface area contributed by atoms with E-state index in [0.29, 0.717) is 26.2 Å². The van der Waals surface area contributed by atoms with Crippen LogP contribution in [0.25, 0.3) is 33.3 Å². The fourth-order valence-electron chi connectivity index (χ4n) is 6.46. The van der Waals surface area contributed by atoms with Gasteiger partial charge in [-0.2, -0.15) is 0 Å².